The van der Waals surface area contributed by atoms with Crippen LogP contribution in [0.1, 0.15) is 6.92 Å². The summed E-state index contributed by atoms with van der Waals surface area (Å²) in [5.74, 6) is 0.746. The standard InChI is InChI=1S/C10H11NO2/c1-2-13-9-4-3-8-7(10(9)12)5-6-11-8/h3-6,11-12H,2H2,1H3. The van der Waals surface area contributed by atoms with Gasteiger partial charge in [-0.05, 0) is 25.1 Å². The summed E-state index contributed by atoms with van der Waals surface area (Å²) >= 11 is 0. The number of nitrogens with one attached hydrogen (secondary N) is 1. The van der Waals surface area contributed by atoms with Crippen molar-refractivity contribution in [1.82, 2.24) is 4.98 Å². The Kier molecular flexibility index (Phi) is 1.85. The van der Waals surface area contributed by atoms with Crippen LogP contribution in [0.4, 0.5) is 0 Å². The molecule has 1 heterocycles. The molecule has 0 spiro atoms. The fraction of sp³-hybridized carbons (Fsp3) is 0.200. The summed E-state index contributed by atoms with van der Waals surface area (Å²) in [6.45, 7) is 2.45. The second-order valence-electron chi connectivity index (χ2n) is 2.78. The van der Waals surface area contributed by atoms with Gasteiger partial charge in [0.2, 0.25) is 0 Å². The molecule has 0 saturated heterocycles. The fourth-order valence-corrected chi connectivity index (χ4v) is 1.37. The van der Waals surface area contributed by atoms with Gasteiger partial charge in [0.1, 0.15) is 0 Å². The molecule has 2 N–H and O–H groups in total. The van der Waals surface area contributed by atoms with Gasteiger partial charge in [-0.2, -0.15) is 0 Å². The molecule has 0 aliphatic carbocycles. The average molecular weight is 177 g/mol. The molecular formula is C10H11NO2. The SMILES string of the molecule is CCOc1ccc2[nH]ccc2c1O. The van der Waals surface area contributed by atoms with E-state index in [1.54, 1.807) is 12.3 Å². The third-order valence-corrected chi connectivity index (χ3v) is 1.97. The smallest absolute Gasteiger partial charge is 0.167 e. The zero-order chi connectivity index (χ0) is 9.26. The highest BCUT2D eigenvalue weighted by Crippen LogP contribution is 2.33. The molecule has 13 heavy (non-hydrogen) atoms. The minimum absolute atomic E-state index is 0.209. The van der Waals surface area contributed by atoms with E-state index in [4.69, 9.17) is 4.74 Å². The van der Waals surface area contributed by atoms with Crippen LogP contribution in [0.25, 0.3) is 10.9 Å². The van der Waals surface area contributed by atoms with Gasteiger partial charge in [-0.1, -0.05) is 0 Å². The van der Waals surface area contributed by atoms with Crippen molar-refractivity contribution in [1.29, 1.82) is 0 Å². The molecule has 0 saturated carbocycles. The Morgan fingerprint density at radius 3 is 3.00 bits per heavy atom. The van der Waals surface area contributed by atoms with Crippen LogP contribution in [-0.4, -0.2) is 16.7 Å². The summed E-state index contributed by atoms with van der Waals surface area (Å²) in [4.78, 5) is 3.01. The van der Waals surface area contributed by atoms with Crippen LogP contribution in [0.5, 0.6) is 11.5 Å². The second kappa shape index (κ2) is 3.01. The van der Waals surface area contributed by atoms with Gasteiger partial charge in [-0.25, -0.2) is 0 Å². The lowest BCUT2D eigenvalue weighted by molar-refractivity contribution is 0.320. The second-order valence-corrected chi connectivity index (χ2v) is 2.78. The first-order valence-electron chi connectivity index (χ1n) is 4.24. The van der Waals surface area contributed by atoms with Gasteiger partial charge in [-0.15, -0.1) is 0 Å². The monoisotopic (exact) mass is 177 g/mol. The maximum Gasteiger partial charge on any atom is 0.167 e. The van der Waals surface area contributed by atoms with E-state index in [1.807, 2.05) is 19.1 Å². The lowest BCUT2D eigenvalue weighted by Gasteiger charge is -2.05. The first-order valence-corrected chi connectivity index (χ1v) is 4.24. The summed E-state index contributed by atoms with van der Waals surface area (Å²) in [5.41, 5.74) is 0.918. The number of aromatic amines is 1. The maximum atomic E-state index is 9.72. The molecule has 2 aromatic rings. The molecule has 0 radical (unpaired) electrons. The van der Waals surface area contributed by atoms with Gasteiger partial charge in [-0.3, -0.25) is 0 Å². The average Bonchev–Trinajstić information content (AvgIpc) is 2.58. The van der Waals surface area contributed by atoms with E-state index in [0.717, 1.165) is 10.9 Å². The van der Waals surface area contributed by atoms with Crippen molar-refractivity contribution in [2.75, 3.05) is 6.61 Å². The molecule has 0 aliphatic rings. The molecule has 0 aliphatic heterocycles. The van der Waals surface area contributed by atoms with E-state index in [0.29, 0.717) is 12.4 Å². The van der Waals surface area contributed by atoms with E-state index in [1.165, 1.54) is 0 Å². The number of rotatable bonds is 2. The lowest BCUT2D eigenvalue weighted by Crippen LogP contribution is -1.91. The van der Waals surface area contributed by atoms with Crippen molar-refractivity contribution >= 4 is 10.9 Å². The summed E-state index contributed by atoms with van der Waals surface area (Å²) in [6.07, 6.45) is 1.79. The van der Waals surface area contributed by atoms with Crippen LogP contribution < -0.4 is 4.74 Å². The molecule has 0 amide bonds. The Bertz CT molecular complexity index is 420. The first kappa shape index (κ1) is 7.98. The molecule has 3 nitrogen and oxygen atoms in total. The number of H-pyrrole nitrogens is 1. The molecule has 0 unspecified atom stereocenters. The maximum absolute atomic E-state index is 9.72. The van der Waals surface area contributed by atoms with E-state index < -0.39 is 0 Å². The number of benzene rings is 1. The zero-order valence-electron chi connectivity index (χ0n) is 7.37. The minimum Gasteiger partial charge on any atom is -0.504 e. The van der Waals surface area contributed by atoms with E-state index >= 15 is 0 Å². The highest BCUT2D eigenvalue weighted by molar-refractivity contribution is 5.88. The molecule has 1 aromatic carbocycles. The van der Waals surface area contributed by atoms with Crippen molar-refractivity contribution in [3.63, 3.8) is 0 Å². The molecule has 0 fully saturated rings. The third-order valence-electron chi connectivity index (χ3n) is 1.97. The van der Waals surface area contributed by atoms with Gasteiger partial charge in [0.25, 0.3) is 0 Å². The Labute approximate surface area is 76.0 Å². The highest BCUT2D eigenvalue weighted by Gasteiger charge is 2.06. The number of fused-ring (bicyclic) bond motifs is 1. The summed E-state index contributed by atoms with van der Waals surface area (Å²) in [5, 5.41) is 10.5. The van der Waals surface area contributed by atoms with Crippen LogP contribution in [-0.2, 0) is 0 Å². The van der Waals surface area contributed by atoms with Crippen molar-refractivity contribution in [3.8, 4) is 11.5 Å². The first-order chi connectivity index (χ1) is 6.33. The zero-order valence-corrected chi connectivity index (χ0v) is 7.37. The summed E-state index contributed by atoms with van der Waals surface area (Å²) in [6, 6.07) is 5.48. The molecular weight excluding hydrogens is 166 g/mol. The van der Waals surface area contributed by atoms with E-state index in [9.17, 15) is 5.11 Å². The number of ether oxygens (including phenoxy) is 1. The van der Waals surface area contributed by atoms with Crippen LogP contribution in [0.2, 0.25) is 0 Å². The quantitative estimate of drug-likeness (QED) is 0.739. The molecule has 0 atom stereocenters. The fourth-order valence-electron chi connectivity index (χ4n) is 1.37. The topological polar surface area (TPSA) is 45.2 Å². The van der Waals surface area contributed by atoms with Gasteiger partial charge in [0, 0.05) is 17.1 Å². The van der Waals surface area contributed by atoms with Crippen LogP contribution in [0.3, 0.4) is 0 Å². The normalized spacial score (nSPS) is 10.5. The Balaban J connectivity index is 2.59. The number of hydrogen-bond donors (Lipinski definition) is 2. The molecule has 2 rings (SSSR count). The molecule has 0 bridgehead atoms. The van der Waals surface area contributed by atoms with Gasteiger partial charge in [0.15, 0.2) is 11.5 Å². The third kappa shape index (κ3) is 1.22. The summed E-state index contributed by atoms with van der Waals surface area (Å²) < 4.78 is 5.25. The Morgan fingerprint density at radius 2 is 2.23 bits per heavy atom. The molecule has 68 valence electrons. The lowest BCUT2D eigenvalue weighted by atomic mass is 10.2. The number of aromatic nitrogens is 1. The van der Waals surface area contributed by atoms with Gasteiger partial charge in [0.05, 0.1) is 6.61 Å². The van der Waals surface area contributed by atoms with Crippen molar-refractivity contribution < 1.29 is 9.84 Å². The van der Waals surface area contributed by atoms with Crippen molar-refractivity contribution in [2.45, 2.75) is 6.92 Å². The summed E-state index contributed by atoms with van der Waals surface area (Å²) in [7, 11) is 0. The number of phenolic OH excluding ortho intramolecular Hbond substituents is 1. The van der Waals surface area contributed by atoms with E-state index in [2.05, 4.69) is 4.98 Å². The van der Waals surface area contributed by atoms with Gasteiger partial charge >= 0.3 is 0 Å². The number of phenols is 1. The largest absolute Gasteiger partial charge is 0.504 e. The van der Waals surface area contributed by atoms with Crippen LogP contribution in [0.15, 0.2) is 24.4 Å². The van der Waals surface area contributed by atoms with E-state index in [-0.39, 0.29) is 5.75 Å². The Morgan fingerprint density at radius 1 is 1.38 bits per heavy atom. The van der Waals surface area contributed by atoms with Crippen LogP contribution in [0, 0.1) is 0 Å². The van der Waals surface area contributed by atoms with Gasteiger partial charge < -0.3 is 14.8 Å². The number of aromatic hydroxyl groups is 1. The minimum atomic E-state index is 0.209. The molecule has 1 aromatic heterocycles. The number of hydrogen-bond acceptors (Lipinski definition) is 2. The Hall–Kier alpha value is -1.64. The molecule has 3 heteroatoms. The van der Waals surface area contributed by atoms with Crippen molar-refractivity contribution in [2.24, 2.45) is 0 Å². The predicted octanol–water partition coefficient (Wildman–Crippen LogP) is 2.27. The predicted molar refractivity (Wildman–Crippen MR) is 51.1 cm³/mol. The van der Waals surface area contributed by atoms with Crippen LogP contribution >= 0.6 is 0 Å². The highest BCUT2D eigenvalue weighted by atomic mass is 16.5. The van der Waals surface area contributed by atoms with Crippen molar-refractivity contribution in [3.05, 3.63) is 24.4 Å².